The van der Waals surface area contributed by atoms with E-state index < -0.39 is 0 Å². The molecule has 1 aromatic carbocycles. The summed E-state index contributed by atoms with van der Waals surface area (Å²) in [5, 5.41) is 6.78. The summed E-state index contributed by atoms with van der Waals surface area (Å²) in [6.07, 6.45) is 3.23. The van der Waals surface area contributed by atoms with E-state index in [-0.39, 0.29) is 10.9 Å². The van der Waals surface area contributed by atoms with Crippen LogP contribution in [-0.4, -0.2) is 49.9 Å². The Hall–Kier alpha value is -1.40. The molecule has 6 heteroatoms. The van der Waals surface area contributed by atoms with Crippen molar-refractivity contribution in [1.29, 1.82) is 0 Å². The average Bonchev–Trinajstić information content (AvgIpc) is 3.09. The van der Waals surface area contributed by atoms with Crippen molar-refractivity contribution in [2.75, 3.05) is 33.1 Å². The molecule has 140 valence electrons. The van der Waals surface area contributed by atoms with Gasteiger partial charge in [0.05, 0.1) is 13.2 Å². The van der Waals surface area contributed by atoms with Crippen LogP contribution in [0.4, 0.5) is 0 Å². The van der Waals surface area contributed by atoms with Gasteiger partial charge in [0.25, 0.3) is 0 Å². The van der Waals surface area contributed by atoms with Crippen LogP contribution in [0.1, 0.15) is 31.4 Å². The fraction of sp³-hybridized carbons (Fsp3) is 0.632. The third-order valence-corrected chi connectivity index (χ3v) is 5.56. The van der Waals surface area contributed by atoms with E-state index in [1.54, 1.807) is 7.05 Å². The lowest BCUT2D eigenvalue weighted by Gasteiger charge is -2.24. The number of benzene rings is 1. The van der Waals surface area contributed by atoms with Crippen LogP contribution in [-0.2, 0) is 11.3 Å². The minimum atomic E-state index is 0.153. The van der Waals surface area contributed by atoms with E-state index in [9.17, 15) is 0 Å². The Labute approximate surface area is 156 Å². The lowest BCUT2D eigenvalue weighted by molar-refractivity contribution is 0.140. The highest BCUT2D eigenvalue weighted by molar-refractivity contribution is 7.99. The summed E-state index contributed by atoms with van der Waals surface area (Å²) in [6, 6.07) is 6.33. The van der Waals surface area contributed by atoms with E-state index in [1.165, 1.54) is 5.56 Å². The number of nitrogens with one attached hydrogen (secondary N) is 2. The van der Waals surface area contributed by atoms with Gasteiger partial charge in [-0.05, 0) is 38.7 Å². The molecule has 0 spiro atoms. The summed E-state index contributed by atoms with van der Waals surface area (Å²) >= 11 is 1.84. The lowest BCUT2D eigenvalue weighted by Crippen LogP contribution is -2.43. The number of thioether (sulfide) groups is 1. The molecule has 2 rings (SSSR count). The van der Waals surface area contributed by atoms with Crippen LogP contribution in [0.15, 0.2) is 23.2 Å². The second-order valence-corrected chi connectivity index (χ2v) is 8.47. The molecule has 25 heavy (non-hydrogen) atoms. The zero-order chi connectivity index (χ0) is 18.3. The van der Waals surface area contributed by atoms with Gasteiger partial charge in [-0.15, -0.1) is 0 Å². The number of guanidine groups is 1. The number of hydrogen-bond donors (Lipinski definition) is 2. The van der Waals surface area contributed by atoms with Crippen LogP contribution in [0.3, 0.4) is 0 Å². The molecule has 5 nitrogen and oxygen atoms in total. The van der Waals surface area contributed by atoms with Gasteiger partial charge in [-0.1, -0.05) is 12.1 Å². The molecule has 1 unspecified atom stereocenters. The molecule has 0 aromatic heterocycles. The molecule has 0 aliphatic carbocycles. The maximum absolute atomic E-state index is 6.16. The van der Waals surface area contributed by atoms with Gasteiger partial charge >= 0.3 is 0 Å². The van der Waals surface area contributed by atoms with Crippen molar-refractivity contribution in [2.45, 2.75) is 44.6 Å². The van der Waals surface area contributed by atoms with Gasteiger partial charge < -0.3 is 20.1 Å². The standard InChI is InChI=1S/C19H31N3O2S/c1-14-6-7-15(17(10-14)24-16-8-9-23-12-16)11-21-18(20-4)22-13-19(2,3)25-5/h6-7,10,16H,8-9,11-13H2,1-5H3,(H2,20,21,22). The molecular formula is C19H31N3O2S. The first-order chi connectivity index (χ1) is 11.9. The molecule has 1 heterocycles. The summed E-state index contributed by atoms with van der Waals surface area (Å²) < 4.78 is 11.7. The van der Waals surface area contributed by atoms with E-state index >= 15 is 0 Å². The van der Waals surface area contributed by atoms with Gasteiger partial charge in [-0.2, -0.15) is 11.8 Å². The molecular weight excluding hydrogens is 334 g/mol. The van der Waals surface area contributed by atoms with Crippen molar-refractivity contribution in [1.82, 2.24) is 10.6 Å². The Kier molecular flexibility index (Phi) is 7.44. The van der Waals surface area contributed by atoms with Crippen molar-refractivity contribution in [3.8, 4) is 5.75 Å². The van der Waals surface area contributed by atoms with Crippen molar-refractivity contribution >= 4 is 17.7 Å². The largest absolute Gasteiger partial charge is 0.488 e. The Balaban J connectivity index is 1.96. The van der Waals surface area contributed by atoms with Gasteiger partial charge in [0.15, 0.2) is 5.96 Å². The predicted molar refractivity (Wildman–Crippen MR) is 107 cm³/mol. The highest BCUT2D eigenvalue weighted by Gasteiger charge is 2.19. The number of ether oxygens (including phenoxy) is 2. The van der Waals surface area contributed by atoms with Gasteiger partial charge in [-0.25, -0.2) is 0 Å². The molecule has 1 fully saturated rings. The summed E-state index contributed by atoms with van der Waals surface area (Å²) in [5.74, 6) is 1.74. The monoisotopic (exact) mass is 365 g/mol. The second kappa shape index (κ2) is 9.34. The fourth-order valence-electron chi connectivity index (χ4n) is 2.47. The molecule has 0 amide bonds. The smallest absolute Gasteiger partial charge is 0.191 e. The topological polar surface area (TPSA) is 54.9 Å². The molecule has 1 saturated heterocycles. The summed E-state index contributed by atoms with van der Waals surface area (Å²) in [6.45, 7) is 9.49. The SMILES string of the molecule is CN=C(NCc1ccc(C)cc1OC1CCOC1)NCC(C)(C)SC. The first kappa shape index (κ1) is 19.9. The van der Waals surface area contributed by atoms with Crippen molar-refractivity contribution < 1.29 is 9.47 Å². The van der Waals surface area contributed by atoms with Gasteiger partial charge in [0, 0.05) is 36.9 Å². The number of nitrogens with zero attached hydrogens (tertiary/aromatic N) is 1. The minimum Gasteiger partial charge on any atom is -0.488 e. The van der Waals surface area contributed by atoms with Crippen LogP contribution >= 0.6 is 11.8 Å². The Morgan fingerprint density at radius 2 is 2.20 bits per heavy atom. The lowest BCUT2D eigenvalue weighted by atomic mass is 10.1. The van der Waals surface area contributed by atoms with Crippen molar-refractivity contribution in [3.05, 3.63) is 29.3 Å². The molecule has 0 saturated carbocycles. The van der Waals surface area contributed by atoms with Crippen LogP contribution < -0.4 is 15.4 Å². The third kappa shape index (κ3) is 6.44. The molecule has 1 aliphatic rings. The Morgan fingerprint density at radius 1 is 1.40 bits per heavy atom. The number of aryl methyl sites for hydroxylation is 1. The Bertz CT molecular complexity index is 584. The molecule has 1 aliphatic heterocycles. The molecule has 2 N–H and O–H groups in total. The van der Waals surface area contributed by atoms with Crippen molar-refractivity contribution in [3.63, 3.8) is 0 Å². The summed E-state index contributed by atoms with van der Waals surface area (Å²) in [4.78, 5) is 4.32. The predicted octanol–water partition coefficient (Wildman–Crippen LogP) is 2.97. The first-order valence-corrected chi connectivity index (χ1v) is 9.99. The van der Waals surface area contributed by atoms with Crippen LogP contribution in [0.5, 0.6) is 5.75 Å². The van der Waals surface area contributed by atoms with Crippen LogP contribution in [0.25, 0.3) is 0 Å². The highest BCUT2D eigenvalue weighted by atomic mass is 32.2. The molecule has 1 aromatic rings. The molecule has 0 radical (unpaired) electrons. The summed E-state index contributed by atoms with van der Waals surface area (Å²) in [5.41, 5.74) is 2.33. The van der Waals surface area contributed by atoms with Gasteiger partial charge in [-0.3, -0.25) is 4.99 Å². The van der Waals surface area contributed by atoms with E-state index in [2.05, 4.69) is 60.9 Å². The maximum Gasteiger partial charge on any atom is 0.191 e. The fourth-order valence-corrected chi connectivity index (χ4v) is 2.69. The molecule has 1 atom stereocenters. The third-order valence-electron chi connectivity index (χ3n) is 4.31. The van der Waals surface area contributed by atoms with Gasteiger partial charge in [0.1, 0.15) is 11.9 Å². The van der Waals surface area contributed by atoms with E-state index in [4.69, 9.17) is 9.47 Å². The first-order valence-electron chi connectivity index (χ1n) is 8.77. The summed E-state index contributed by atoms with van der Waals surface area (Å²) in [7, 11) is 1.80. The van der Waals surface area contributed by atoms with E-state index in [0.717, 1.165) is 36.8 Å². The number of rotatable bonds is 7. The minimum absolute atomic E-state index is 0.153. The maximum atomic E-state index is 6.16. The van der Waals surface area contributed by atoms with Crippen LogP contribution in [0, 0.1) is 6.92 Å². The average molecular weight is 366 g/mol. The quantitative estimate of drug-likeness (QED) is 0.575. The van der Waals surface area contributed by atoms with Gasteiger partial charge in [0.2, 0.25) is 0 Å². The second-order valence-electron chi connectivity index (χ2n) is 6.96. The van der Waals surface area contributed by atoms with E-state index in [1.807, 2.05) is 11.8 Å². The molecule has 0 bridgehead atoms. The zero-order valence-electron chi connectivity index (χ0n) is 16.0. The number of hydrogen-bond acceptors (Lipinski definition) is 4. The van der Waals surface area contributed by atoms with Crippen LogP contribution in [0.2, 0.25) is 0 Å². The van der Waals surface area contributed by atoms with Crippen molar-refractivity contribution in [2.24, 2.45) is 4.99 Å². The Morgan fingerprint density at radius 3 is 2.84 bits per heavy atom. The normalized spacial score (nSPS) is 18.3. The van der Waals surface area contributed by atoms with E-state index in [0.29, 0.717) is 13.2 Å². The highest BCUT2D eigenvalue weighted by Crippen LogP contribution is 2.24. The number of aliphatic imine (C=N–C) groups is 1. The zero-order valence-corrected chi connectivity index (χ0v) is 16.8.